The SMILES string of the molecule is CO[Si](C)(C)OCCOCCCBr. The molecule has 5 heteroatoms. The zero-order valence-electron chi connectivity index (χ0n) is 8.64. The minimum absolute atomic E-state index is 0.634. The second kappa shape index (κ2) is 7.93. The molecule has 0 fully saturated rings. The largest absolute Gasteiger partial charge is 0.398 e. The molecule has 0 heterocycles. The Balaban J connectivity index is 3.16. The minimum Gasteiger partial charge on any atom is -0.398 e. The van der Waals surface area contributed by atoms with E-state index in [-0.39, 0.29) is 0 Å². The summed E-state index contributed by atoms with van der Waals surface area (Å²) in [4.78, 5) is 0. The van der Waals surface area contributed by atoms with E-state index in [4.69, 9.17) is 13.6 Å². The predicted octanol–water partition coefficient (Wildman–Crippen LogP) is 2.15. The lowest BCUT2D eigenvalue weighted by Crippen LogP contribution is -2.34. The van der Waals surface area contributed by atoms with E-state index in [1.54, 1.807) is 7.11 Å². The number of hydrogen-bond donors (Lipinski definition) is 0. The van der Waals surface area contributed by atoms with Gasteiger partial charge in [0.15, 0.2) is 0 Å². The van der Waals surface area contributed by atoms with E-state index in [0.29, 0.717) is 13.2 Å². The summed E-state index contributed by atoms with van der Waals surface area (Å²) in [7, 11) is -0.143. The molecule has 0 atom stereocenters. The zero-order valence-corrected chi connectivity index (χ0v) is 11.2. The van der Waals surface area contributed by atoms with E-state index < -0.39 is 8.56 Å². The lowest BCUT2D eigenvalue weighted by atomic mass is 10.5. The molecule has 0 amide bonds. The third-order valence-corrected chi connectivity index (χ3v) is 4.03. The van der Waals surface area contributed by atoms with Crippen molar-refractivity contribution < 1.29 is 13.6 Å². The maximum atomic E-state index is 5.54. The van der Waals surface area contributed by atoms with Gasteiger partial charge in [-0.25, -0.2) is 0 Å². The Morgan fingerprint density at radius 2 is 1.85 bits per heavy atom. The predicted molar refractivity (Wildman–Crippen MR) is 59.7 cm³/mol. The third kappa shape index (κ3) is 8.89. The summed E-state index contributed by atoms with van der Waals surface area (Å²) >= 11 is 3.34. The van der Waals surface area contributed by atoms with E-state index in [2.05, 4.69) is 15.9 Å². The Morgan fingerprint density at radius 1 is 1.15 bits per heavy atom. The van der Waals surface area contributed by atoms with Crippen LogP contribution in [0.2, 0.25) is 13.1 Å². The maximum Gasteiger partial charge on any atom is 0.331 e. The number of hydrogen-bond acceptors (Lipinski definition) is 3. The second-order valence-corrected chi connectivity index (χ2v) is 7.40. The Labute approximate surface area is 90.1 Å². The zero-order chi connectivity index (χ0) is 10.2. The van der Waals surface area contributed by atoms with E-state index >= 15 is 0 Å². The van der Waals surface area contributed by atoms with Gasteiger partial charge in [0, 0.05) is 19.0 Å². The summed E-state index contributed by atoms with van der Waals surface area (Å²) in [5.41, 5.74) is 0. The molecule has 80 valence electrons. The van der Waals surface area contributed by atoms with Crippen LogP contribution >= 0.6 is 15.9 Å². The van der Waals surface area contributed by atoms with Gasteiger partial charge in [0.05, 0.1) is 13.2 Å². The first kappa shape index (κ1) is 13.6. The first-order valence-corrected chi connectivity index (χ1v) is 8.39. The first-order valence-electron chi connectivity index (χ1n) is 4.45. The van der Waals surface area contributed by atoms with Crippen LogP contribution in [0.3, 0.4) is 0 Å². The van der Waals surface area contributed by atoms with Crippen molar-refractivity contribution in [2.75, 3.05) is 32.3 Å². The Kier molecular flexibility index (Phi) is 8.28. The van der Waals surface area contributed by atoms with Crippen LogP contribution in [0.1, 0.15) is 6.42 Å². The number of ether oxygens (including phenoxy) is 1. The highest BCUT2D eigenvalue weighted by atomic mass is 79.9. The number of alkyl halides is 1. The molecule has 0 aliphatic heterocycles. The van der Waals surface area contributed by atoms with Crippen LogP contribution in [0.25, 0.3) is 0 Å². The van der Waals surface area contributed by atoms with E-state index in [1.807, 2.05) is 13.1 Å². The standard InChI is InChI=1S/C8H19BrO3Si/c1-10-13(2,3)12-8-7-11-6-4-5-9/h4-8H2,1-3H3. The lowest BCUT2D eigenvalue weighted by Gasteiger charge is -2.19. The summed E-state index contributed by atoms with van der Waals surface area (Å²) in [5.74, 6) is 0. The smallest absolute Gasteiger partial charge is 0.331 e. The topological polar surface area (TPSA) is 27.7 Å². The summed E-state index contributed by atoms with van der Waals surface area (Å²) < 4.78 is 16.1. The Morgan fingerprint density at radius 3 is 2.38 bits per heavy atom. The average molecular weight is 271 g/mol. The molecule has 0 aromatic carbocycles. The van der Waals surface area contributed by atoms with Crippen LogP contribution in [0, 0.1) is 0 Å². The average Bonchev–Trinajstić information content (AvgIpc) is 2.11. The van der Waals surface area contributed by atoms with Gasteiger partial charge in [0.25, 0.3) is 0 Å². The molecule has 0 N–H and O–H groups in total. The normalized spacial score (nSPS) is 12.0. The molecule has 0 bridgehead atoms. The minimum atomic E-state index is -1.84. The van der Waals surface area contributed by atoms with Gasteiger partial charge in [0.2, 0.25) is 0 Å². The van der Waals surface area contributed by atoms with Gasteiger partial charge in [-0.15, -0.1) is 0 Å². The number of rotatable bonds is 8. The van der Waals surface area contributed by atoms with Crippen molar-refractivity contribution in [2.45, 2.75) is 19.5 Å². The molecule has 0 unspecified atom stereocenters. The summed E-state index contributed by atoms with van der Waals surface area (Å²) in [6.45, 7) is 6.13. The molecule has 13 heavy (non-hydrogen) atoms. The third-order valence-electron chi connectivity index (χ3n) is 1.59. The fraction of sp³-hybridized carbons (Fsp3) is 1.00. The Hall–Kier alpha value is 0.577. The van der Waals surface area contributed by atoms with Gasteiger partial charge < -0.3 is 13.6 Å². The molecule has 0 saturated carbocycles. The first-order chi connectivity index (χ1) is 6.12. The molecule has 0 spiro atoms. The van der Waals surface area contributed by atoms with Crippen molar-refractivity contribution in [3.05, 3.63) is 0 Å². The molecular weight excluding hydrogens is 252 g/mol. The van der Waals surface area contributed by atoms with Crippen LogP contribution in [-0.4, -0.2) is 40.8 Å². The highest BCUT2D eigenvalue weighted by molar-refractivity contribution is 9.09. The van der Waals surface area contributed by atoms with Gasteiger partial charge in [0.1, 0.15) is 0 Å². The van der Waals surface area contributed by atoms with E-state index in [1.165, 1.54) is 0 Å². The van der Waals surface area contributed by atoms with Gasteiger partial charge in [-0.05, 0) is 19.5 Å². The van der Waals surface area contributed by atoms with E-state index in [0.717, 1.165) is 18.4 Å². The lowest BCUT2D eigenvalue weighted by molar-refractivity contribution is 0.0864. The highest BCUT2D eigenvalue weighted by Crippen LogP contribution is 2.03. The van der Waals surface area contributed by atoms with Gasteiger partial charge in [-0.1, -0.05) is 15.9 Å². The molecule has 0 rings (SSSR count). The molecule has 0 radical (unpaired) electrons. The van der Waals surface area contributed by atoms with Crippen LogP contribution in [-0.2, 0) is 13.6 Å². The van der Waals surface area contributed by atoms with Crippen LogP contribution < -0.4 is 0 Å². The van der Waals surface area contributed by atoms with Gasteiger partial charge in [-0.2, -0.15) is 0 Å². The van der Waals surface area contributed by atoms with Crippen molar-refractivity contribution in [1.29, 1.82) is 0 Å². The second-order valence-electron chi connectivity index (χ2n) is 3.11. The molecule has 0 aliphatic rings. The quantitative estimate of drug-likeness (QED) is 0.384. The summed E-state index contributed by atoms with van der Waals surface area (Å²) in [6, 6.07) is 0. The van der Waals surface area contributed by atoms with Crippen molar-refractivity contribution in [1.82, 2.24) is 0 Å². The molecule has 0 saturated heterocycles. The molecule has 0 aromatic rings. The highest BCUT2D eigenvalue weighted by Gasteiger charge is 2.21. The molecular formula is C8H19BrO3Si. The summed E-state index contributed by atoms with van der Waals surface area (Å²) in [6.07, 6.45) is 1.05. The van der Waals surface area contributed by atoms with Crippen molar-refractivity contribution in [3.63, 3.8) is 0 Å². The van der Waals surface area contributed by atoms with Crippen molar-refractivity contribution in [2.24, 2.45) is 0 Å². The fourth-order valence-corrected chi connectivity index (χ4v) is 1.59. The summed E-state index contributed by atoms with van der Waals surface area (Å²) in [5, 5.41) is 0.992. The van der Waals surface area contributed by atoms with Crippen LogP contribution in [0.4, 0.5) is 0 Å². The molecule has 3 nitrogen and oxygen atoms in total. The van der Waals surface area contributed by atoms with Crippen molar-refractivity contribution in [3.8, 4) is 0 Å². The number of halogens is 1. The maximum absolute atomic E-state index is 5.54. The monoisotopic (exact) mass is 270 g/mol. The molecule has 0 aromatic heterocycles. The molecule has 0 aliphatic carbocycles. The fourth-order valence-electron chi connectivity index (χ4n) is 0.664. The van der Waals surface area contributed by atoms with Gasteiger partial charge >= 0.3 is 8.56 Å². The van der Waals surface area contributed by atoms with Crippen molar-refractivity contribution >= 4 is 24.5 Å². The van der Waals surface area contributed by atoms with E-state index in [9.17, 15) is 0 Å². The van der Waals surface area contributed by atoms with Crippen LogP contribution in [0.5, 0.6) is 0 Å². The van der Waals surface area contributed by atoms with Crippen LogP contribution in [0.15, 0.2) is 0 Å². The van der Waals surface area contributed by atoms with Gasteiger partial charge in [-0.3, -0.25) is 0 Å². The Bertz CT molecular complexity index is 122.